The van der Waals surface area contributed by atoms with E-state index in [-0.39, 0.29) is 10.6 Å². The molecule has 1 aliphatic heterocycles. The van der Waals surface area contributed by atoms with Crippen LogP contribution in [0.5, 0.6) is 0 Å². The Morgan fingerprint density at radius 1 is 1.39 bits per heavy atom. The number of non-ortho nitro benzene ring substituents is 1. The number of hydrogen-bond acceptors (Lipinski definition) is 5. The third-order valence-corrected chi connectivity index (χ3v) is 4.47. The van der Waals surface area contributed by atoms with Crippen molar-refractivity contribution in [2.75, 3.05) is 13.1 Å². The molecule has 0 bridgehead atoms. The number of thiazole rings is 1. The van der Waals surface area contributed by atoms with Gasteiger partial charge in [-0.25, -0.2) is 4.98 Å². The highest BCUT2D eigenvalue weighted by Gasteiger charge is 2.19. The van der Waals surface area contributed by atoms with Crippen molar-refractivity contribution in [1.29, 1.82) is 0 Å². The molecule has 1 aliphatic rings. The second-order valence-electron chi connectivity index (χ2n) is 4.49. The fraction of sp³-hybridized carbons (Fsp3) is 0.417. The molecule has 0 unspecified atom stereocenters. The summed E-state index contributed by atoms with van der Waals surface area (Å²) in [6.07, 6.45) is 2.20. The third kappa shape index (κ3) is 2.09. The number of nitro benzene ring substituents is 1. The molecule has 1 aromatic carbocycles. The Hall–Kier alpha value is -1.53. The van der Waals surface area contributed by atoms with Crippen molar-refractivity contribution in [2.24, 2.45) is 0 Å². The number of aromatic nitrogens is 1. The van der Waals surface area contributed by atoms with Crippen LogP contribution in [-0.4, -0.2) is 23.0 Å². The van der Waals surface area contributed by atoms with Crippen molar-refractivity contribution in [3.8, 4) is 0 Å². The lowest BCUT2D eigenvalue weighted by atomic mass is 9.99. The van der Waals surface area contributed by atoms with E-state index in [1.807, 2.05) is 0 Å². The van der Waals surface area contributed by atoms with Gasteiger partial charge in [-0.05, 0) is 32.0 Å². The highest BCUT2D eigenvalue weighted by atomic mass is 32.1. The number of hydrogen-bond donors (Lipinski definition) is 1. The van der Waals surface area contributed by atoms with E-state index in [2.05, 4.69) is 10.3 Å². The Balaban J connectivity index is 1.97. The summed E-state index contributed by atoms with van der Waals surface area (Å²) in [5.41, 5.74) is 1.02. The average molecular weight is 263 g/mol. The summed E-state index contributed by atoms with van der Waals surface area (Å²) in [5.74, 6) is 0.503. The van der Waals surface area contributed by atoms with Crippen LogP contribution in [0.2, 0.25) is 0 Å². The van der Waals surface area contributed by atoms with Gasteiger partial charge in [0.15, 0.2) is 0 Å². The van der Waals surface area contributed by atoms with Crippen molar-refractivity contribution in [3.05, 3.63) is 33.3 Å². The smallest absolute Gasteiger partial charge is 0.270 e. The van der Waals surface area contributed by atoms with Crippen LogP contribution >= 0.6 is 11.3 Å². The Kier molecular flexibility index (Phi) is 2.97. The maximum absolute atomic E-state index is 10.7. The molecule has 0 atom stereocenters. The first-order chi connectivity index (χ1) is 8.74. The van der Waals surface area contributed by atoms with E-state index in [0.29, 0.717) is 5.92 Å². The zero-order chi connectivity index (χ0) is 12.5. The van der Waals surface area contributed by atoms with Gasteiger partial charge >= 0.3 is 0 Å². The molecule has 6 heteroatoms. The second kappa shape index (κ2) is 4.62. The molecule has 2 aromatic rings. The summed E-state index contributed by atoms with van der Waals surface area (Å²) in [5, 5.41) is 15.2. The average Bonchev–Trinajstić information content (AvgIpc) is 2.82. The van der Waals surface area contributed by atoms with Gasteiger partial charge in [-0.1, -0.05) is 0 Å². The molecule has 1 aromatic heterocycles. The molecule has 0 aliphatic carbocycles. The quantitative estimate of drug-likeness (QED) is 0.668. The summed E-state index contributed by atoms with van der Waals surface area (Å²) in [7, 11) is 0. The predicted molar refractivity (Wildman–Crippen MR) is 71.1 cm³/mol. The first-order valence-electron chi connectivity index (χ1n) is 5.99. The normalized spacial score (nSPS) is 17.1. The van der Waals surface area contributed by atoms with E-state index in [9.17, 15) is 10.1 Å². The molecule has 1 fully saturated rings. The highest BCUT2D eigenvalue weighted by Crippen LogP contribution is 2.33. The van der Waals surface area contributed by atoms with Gasteiger partial charge in [-0.2, -0.15) is 0 Å². The summed E-state index contributed by atoms with van der Waals surface area (Å²) in [6, 6.07) is 4.89. The first kappa shape index (κ1) is 11.6. The van der Waals surface area contributed by atoms with Crippen molar-refractivity contribution < 1.29 is 4.92 Å². The van der Waals surface area contributed by atoms with Gasteiger partial charge < -0.3 is 5.32 Å². The van der Waals surface area contributed by atoms with Crippen LogP contribution in [0, 0.1) is 10.1 Å². The van der Waals surface area contributed by atoms with Crippen LogP contribution < -0.4 is 5.32 Å². The molecule has 5 nitrogen and oxygen atoms in total. The summed E-state index contributed by atoms with van der Waals surface area (Å²) < 4.78 is 0.915. The molecular formula is C12H13N3O2S. The van der Waals surface area contributed by atoms with E-state index >= 15 is 0 Å². The number of benzene rings is 1. The standard InChI is InChI=1S/C12H13N3O2S/c16-15(17)9-1-2-10-11(7-9)18-12(14-10)8-3-5-13-6-4-8/h1-2,7-8,13H,3-6H2. The van der Waals surface area contributed by atoms with Crippen LogP contribution in [0.1, 0.15) is 23.8 Å². The van der Waals surface area contributed by atoms with Gasteiger partial charge in [-0.3, -0.25) is 10.1 Å². The molecule has 0 radical (unpaired) electrons. The van der Waals surface area contributed by atoms with Crippen molar-refractivity contribution >= 4 is 27.2 Å². The second-order valence-corrected chi connectivity index (χ2v) is 5.55. The molecular weight excluding hydrogens is 250 g/mol. The van der Waals surface area contributed by atoms with Gasteiger partial charge in [0, 0.05) is 18.1 Å². The highest BCUT2D eigenvalue weighted by molar-refractivity contribution is 7.18. The zero-order valence-electron chi connectivity index (χ0n) is 9.76. The van der Waals surface area contributed by atoms with Gasteiger partial charge in [0.1, 0.15) is 0 Å². The number of rotatable bonds is 2. The Labute approximate surface area is 108 Å². The molecule has 0 saturated carbocycles. The molecule has 3 rings (SSSR count). The fourth-order valence-electron chi connectivity index (χ4n) is 2.29. The van der Waals surface area contributed by atoms with Crippen LogP contribution in [0.15, 0.2) is 18.2 Å². The monoisotopic (exact) mass is 263 g/mol. The number of nitrogens with one attached hydrogen (secondary N) is 1. The number of nitrogens with zero attached hydrogens (tertiary/aromatic N) is 2. The van der Waals surface area contributed by atoms with Crippen LogP contribution in [0.4, 0.5) is 5.69 Å². The minimum Gasteiger partial charge on any atom is -0.317 e. The molecule has 2 heterocycles. The largest absolute Gasteiger partial charge is 0.317 e. The van der Waals surface area contributed by atoms with E-state index in [1.54, 1.807) is 23.5 Å². The third-order valence-electron chi connectivity index (χ3n) is 3.29. The van der Waals surface area contributed by atoms with E-state index in [0.717, 1.165) is 41.2 Å². The predicted octanol–water partition coefficient (Wildman–Crippen LogP) is 2.67. The van der Waals surface area contributed by atoms with Crippen LogP contribution in [0.3, 0.4) is 0 Å². The molecule has 0 amide bonds. The first-order valence-corrected chi connectivity index (χ1v) is 6.81. The molecule has 0 spiro atoms. The summed E-state index contributed by atoms with van der Waals surface area (Å²) >= 11 is 1.59. The Morgan fingerprint density at radius 3 is 2.89 bits per heavy atom. The maximum atomic E-state index is 10.7. The zero-order valence-corrected chi connectivity index (χ0v) is 10.6. The van der Waals surface area contributed by atoms with Crippen LogP contribution in [-0.2, 0) is 0 Å². The van der Waals surface area contributed by atoms with Gasteiger partial charge in [-0.15, -0.1) is 11.3 Å². The topological polar surface area (TPSA) is 68.1 Å². The lowest BCUT2D eigenvalue weighted by molar-refractivity contribution is -0.384. The minimum absolute atomic E-state index is 0.142. The van der Waals surface area contributed by atoms with E-state index in [1.165, 1.54) is 6.07 Å². The maximum Gasteiger partial charge on any atom is 0.270 e. The van der Waals surface area contributed by atoms with Crippen molar-refractivity contribution in [2.45, 2.75) is 18.8 Å². The van der Waals surface area contributed by atoms with Gasteiger partial charge in [0.25, 0.3) is 5.69 Å². The number of piperidine rings is 1. The van der Waals surface area contributed by atoms with Crippen molar-refractivity contribution in [3.63, 3.8) is 0 Å². The van der Waals surface area contributed by atoms with E-state index < -0.39 is 0 Å². The van der Waals surface area contributed by atoms with Crippen LogP contribution in [0.25, 0.3) is 10.2 Å². The van der Waals surface area contributed by atoms with Crippen molar-refractivity contribution in [1.82, 2.24) is 10.3 Å². The van der Waals surface area contributed by atoms with E-state index in [4.69, 9.17) is 0 Å². The molecule has 18 heavy (non-hydrogen) atoms. The lowest BCUT2D eigenvalue weighted by Gasteiger charge is -2.20. The summed E-state index contributed by atoms with van der Waals surface area (Å²) in [6.45, 7) is 2.06. The molecule has 1 saturated heterocycles. The molecule has 94 valence electrons. The fourth-order valence-corrected chi connectivity index (χ4v) is 3.46. The molecule has 1 N–H and O–H groups in total. The summed E-state index contributed by atoms with van der Waals surface area (Å²) in [4.78, 5) is 15.0. The number of nitro groups is 1. The Bertz CT molecular complexity index is 590. The minimum atomic E-state index is -0.358. The Morgan fingerprint density at radius 2 is 2.17 bits per heavy atom. The van der Waals surface area contributed by atoms with Gasteiger partial charge in [0.2, 0.25) is 0 Å². The van der Waals surface area contributed by atoms with Gasteiger partial charge in [0.05, 0.1) is 20.1 Å². The SMILES string of the molecule is O=[N+]([O-])c1ccc2nc(C3CCNCC3)sc2c1. The lowest BCUT2D eigenvalue weighted by Crippen LogP contribution is -2.26. The number of fused-ring (bicyclic) bond motifs is 1.